The van der Waals surface area contributed by atoms with Gasteiger partial charge in [-0.25, -0.2) is 4.39 Å². The third-order valence-corrected chi connectivity index (χ3v) is 5.42. The second-order valence-electron chi connectivity index (χ2n) is 6.51. The number of hydrogen-bond donors (Lipinski definition) is 1. The average molecular weight is 479 g/mol. The molecule has 3 nitrogen and oxygen atoms in total. The quantitative estimate of drug-likeness (QED) is 0.374. The van der Waals surface area contributed by atoms with Gasteiger partial charge in [-0.2, -0.15) is 0 Å². The van der Waals surface area contributed by atoms with E-state index in [1.54, 1.807) is 19.2 Å². The Kier molecular flexibility index (Phi) is 7.92. The van der Waals surface area contributed by atoms with Crippen molar-refractivity contribution in [2.75, 3.05) is 13.7 Å². The summed E-state index contributed by atoms with van der Waals surface area (Å²) in [5, 5.41) is 3.77. The second kappa shape index (κ2) is 10.6. The highest BCUT2D eigenvalue weighted by Gasteiger charge is 2.14. The average Bonchev–Trinajstić information content (AvgIpc) is 2.72. The number of halogens is 3. The van der Waals surface area contributed by atoms with Gasteiger partial charge in [0.05, 0.1) is 16.6 Å². The smallest absolute Gasteiger partial charge is 0.175 e. The predicted octanol–water partition coefficient (Wildman–Crippen LogP) is 6.16. The molecular weight excluding hydrogens is 457 g/mol. The van der Waals surface area contributed by atoms with Crippen molar-refractivity contribution in [2.45, 2.75) is 19.6 Å². The van der Waals surface area contributed by atoms with Gasteiger partial charge in [-0.1, -0.05) is 48.0 Å². The van der Waals surface area contributed by atoms with Gasteiger partial charge < -0.3 is 14.8 Å². The Morgan fingerprint density at radius 1 is 1.03 bits per heavy atom. The number of methoxy groups -OCH3 is 1. The lowest BCUT2D eigenvalue weighted by atomic mass is 10.1. The van der Waals surface area contributed by atoms with Crippen LogP contribution >= 0.6 is 27.5 Å². The number of benzene rings is 3. The molecule has 0 unspecified atom stereocenters. The van der Waals surface area contributed by atoms with Crippen molar-refractivity contribution >= 4 is 27.5 Å². The number of rotatable bonds is 9. The molecule has 3 aromatic carbocycles. The van der Waals surface area contributed by atoms with Crippen LogP contribution in [0.4, 0.5) is 4.39 Å². The first kappa shape index (κ1) is 21.6. The molecule has 29 heavy (non-hydrogen) atoms. The summed E-state index contributed by atoms with van der Waals surface area (Å²) in [4.78, 5) is 0. The molecule has 0 heterocycles. The molecule has 0 atom stereocenters. The molecule has 6 heteroatoms. The maximum Gasteiger partial charge on any atom is 0.175 e. The summed E-state index contributed by atoms with van der Waals surface area (Å²) in [5.41, 5.74) is 2.67. The number of ether oxygens (including phenoxy) is 2. The summed E-state index contributed by atoms with van der Waals surface area (Å²) >= 11 is 9.61. The SMILES string of the molecule is COc1cc(CNCCc2ccccc2)cc(Br)c1OCc1c(F)cccc1Cl. The molecule has 3 aromatic rings. The molecule has 0 aliphatic heterocycles. The van der Waals surface area contributed by atoms with Crippen LogP contribution < -0.4 is 14.8 Å². The fourth-order valence-corrected chi connectivity index (χ4v) is 3.76. The van der Waals surface area contributed by atoms with Gasteiger partial charge in [-0.15, -0.1) is 0 Å². The van der Waals surface area contributed by atoms with E-state index in [9.17, 15) is 4.39 Å². The zero-order chi connectivity index (χ0) is 20.6. The van der Waals surface area contributed by atoms with Gasteiger partial charge in [0.15, 0.2) is 11.5 Å². The zero-order valence-corrected chi connectivity index (χ0v) is 18.4. The van der Waals surface area contributed by atoms with E-state index in [-0.39, 0.29) is 6.61 Å². The minimum Gasteiger partial charge on any atom is -0.493 e. The Hall–Kier alpha value is -2.08. The summed E-state index contributed by atoms with van der Waals surface area (Å²) in [7, 11) is 1.58. The first-order chi connectivity index (χ1) is 14.1. The van der Waals surface area contributed by atoms with E-state index in [2.05, 4.69) is 33.4 Å². The maximum atomic E-state index is 14.0. The van der Waals surface area contributed by atoms with E-state index >= 15 is 0 Å². The van der Waals surface area contributed by atoms with Gasteiger partial charge in [0.2, 0.25) is 0 Å². The van der Waals surface area contributed by atoms with Crippen LogP contribution in [0, 0.1) is 5.82 Å². The molecule has 1 N–H and O–H groups in total. The van der Waals surface area contributed by atoms with E-state index in [4.69, 9.17) is 21.1 Å². The van der Waals surface area contributed by atoms with Crippen LogP contribution in [0.3, 0.4) is 0 Å². The minimum absolute atomic E-state index is 0.00907. The van der Waals surface area contributed by atoms with E-state index in [1.165, 1.54) is 11.6 Å². The lowest BCUT2D eigenvalue weighted by Crippen LogP contribution is -2.16. The van der Waals surface area contributed by atoms with Crippen molar-refractivity contribution in [3.8, 4) is 11.5 Å². The third kappa shape index (κ3) is 5.95. The molecule has 3 rings (SSSR count). The molecule has 0 aliphatic carbocycles. The van der Waals surface area contributed by atoms with Crippen molar-refractivity contribution < 1.29 is 13.9 Å². The van der Waals surface area contributed by atoms with Crippen LogP contribution in [0.1, 0.15) is 16.7 Å². The summed E-state index contributed by atoms with van der Waals surface area (Å²) < 4.78 is 26.0. The van der Waals surface area contributed by atoms with Gasteiger partial charge >= 0.3 is 0 Å². The monoisotopic (exact) mass is 477 g/mol. The topological polar surface area (TPSA) is 30.5 Å². The second-order valence-corrected chi connectivity index (χ2v) is 7.77. The molecular formula is C23H22BrClFNO2. The van der Waals surface area contributed by atoms with E-state index < -0.39 is 5.82 Å². The molecule has 0 fully saturated rings. The van der Waals surface area contributed by atoms with Crippen molar-refractivity contribution in [1.29, 1.82) is 0 Å². The Labute approximate surface area is 183 Å². The van der Waals surface area contributed by atoms with Crippen LogP contribution in [-0.4, -0.2) is 13.7 Å². The maximum absolute atomic E-state index is 14.0. The van der Waals surface area contributed by atoms with Crippen LogP contribution in [-0.2, 0) is 19.6 Å². The molecule has 0 aliphatic rings. The Bertz CT molecular complexity index is 933. The molecule has 0 bridgehead atoms. The molecule has 0 aromatic heterocycles. The fourth-order valence-electron chi connectivity index (χ4n) is 2.94. The highest BCUT2D eigenvalue weighted by atomic mass is 79.9. The molecule has 0 spiro atoms. The van der Waals surface area contributed by atoms with Crippen molar-refractivity contribution in [3.63, 3.8) is 0 Å². The van der Waals surface area contributed by atoms with Gasteiger partial charge in [-0.05, 0) is 64.3 Å². The summed E-state index contributed by atoms with van der Waals surface area (Å²) in [6, 6.07) is 18.8. The largest absolute Gasteiger partial charge is 0.493 e. The summed E-state index contributed by atoms with van der Waals surface area (Å²) in [6.45, 7) is 1.57. The highest BCUT2D eigenvalue weighted by Crippen LogP contribution is 2.37. The Morgan fingerprint density at radius 3 is 2.55 bits per heavy atom. The van der Waals surface area contributed by atoms with Crippen LogP contribution in [0.25, 0.3) is 0 Å². The zero-order valence-electron chi connectivity index (χ0n) is 16.1. The van der Waals surface area contributed by atoms with E-state index in [1.807, 2.05) is 30.3 Å². The van der Waals surface area contributed by atoms with E-state index in [0.717, 1.165) is 23.0 Å². The summed E-state index contributed by atoms with van der Waals surface area (Å²) in [6.07, 6.45) is 0.962. The predicted molar refractivity (Wildman–Crippen MR) is 118 cm³/mol. The molecule has 0 saturated carbocycles. The van der Waals surface area contributed by atoms with Gasteiger partial charge in [0, 0.05) is 12.1 Å². The minimum atomic E-state index is -0.396. The van der Waals surface area contributed by atoms with Gasteiger partial charge in [-0.3, -0.25) is 0 Å². The van der Waals surface area contributed by atoms with Gasteiger partial charge in [0.1, 0.15) is 12.4 Å². The standard InChI is InChI=1S/C23H22BrClFNO2/c1-28-22-13-17(14-27-11-10-16-6-3-2-4-7-16)12-19(24)23(22)29-15-18-20(25)8-5-9-21(18)26/h2-9,12-13,27H,10-11,14-15H2,1H3. The molecule has 0 saturated heterocycles. The number of hydrogen-bond acceptors (Lipinski definition) is 3. The number of nitrogens with one attached hydrogen (secondary N) is 1. The lowest BCUT2D eigenvalue weighted by Gasteiger charge is -2.15. The summed E-state index contributed by atoms with van der Waals surface area (Å²) in [5.74, 6) is 0.693. The van der Waals surface area contributed by atoms with Crippen LogP contribution in [0.15, 0.2) is 65.1 Å². The Balaban J connectivity index is 1.62. The first-order valence-corrected chi connectivity index (χ1v) is 10.4. The van der Waals surface area contributed by atoms with Crippen molar-refractivity contribution in [2.24, 2.45) is 0 Å². The van der Waals surface area contributed by atoms with Gasteiger partial charge in [0.25, 0.3) is 0 Å². The fraction of sp³-hybridized carbons (Fsp3) is 0.217. The normalized spacial score (nSPS) is 10.8. The van der Waals surface area contributed by atoms with Crippen LogP contribution in [0.5, 0.6) is 11.5 Å². The third-order valence-electron chi connectivity index (χ3n) is 4.47. The molecule has 152 valence electrons. The van der Waals surface area contributed by atoms with E-state index in [0.29, 0.717) is 28.6 Å². The van der Waals surface area contributed by atoms with Crippen molar-refractivity contribution in [1.82, 2.24) is 5.32 Å². The lowest BCUT2D eigenvalue weighted by molar-refractivity contribution is 0.277. The van der Waals surface area contributed by atoms with Crippen LogP contribution in [0.2, 0.25) is 5.02 Å². The Morgan fingerprint density at radius 2 is 1.83 bits per heavy atom. The molecule has 0 amide bonds. The molecule has 0 radical (unpaired) electrons. The van der Waals surface area contributed by atoms with Crippen molar-refractivity contribution in [3.05, 3.63) is 92.7 Å². The highest BCUT2D eigenvalue weighted by molar-refractivity contribution is 9.10. The first-order valence-electron chi connectivity index (χ1n) is 9.25.